The third kappa shape index (κ3) is 2.92. The number of aromatic nitrogens is 2. The molecule has 3 N–H and O–H groups in total. The van der Waals surface area contributed by atoms with Crippen molar-refractivity contribution < 1.29 is 10.2 Å². The topological polar surface area (TPSA) is 78.3 Å². The Morgan fingerprint density at radius 3 is 2.53 bits per heavy atom. The number of rotatable bonds is 4. The standard InChI is InChI=1S/C11H13N3O2S/c1-2-12-6-10-13-14-11(17-10)7-3-8(15)5-9(16)4-7/h3-5,12,15-16H,2,6H2,1H3. The summed E-state index contributed by atoms with van der Waals surface area (Å²) in [4.78, 5) is 0. The van der Waals surface area contributed by atoms with Gasteiger partial charge in [-0.1, -0.05) is 18.3 Å². The molecule has 17 heavy (non-hydrogen) atoms. The van der Waals surface area contributed by atoms with Gasteiger partial charge in [-0.3, -0.25) is 0 Å². The van der Waals surface area contributed by atoms with Crippen molar-refractivity contribution in [1.82, 2.24) is 15.5 Å². The Labute approximate surface area is 103 Å². The maximum absolute atomic E-state index is 9.39. The van der Waals surface area contributed by atoms with Crippen molar-refractivity contribution in [1.29, 1.82) is 0 Å². The Kier molecular flexibility index (Phi) is 3.55. The highest BCUT2D eigenvalue weighted by Crippen LogP contribution is 2.30. The predicted octanol–water partition coefficient (Wildman–Crippen LogP) is 1.73. The van der Waals surface area contributed by atoms with Crippen LogP contribution in [0.4, 0.5) is 0 Å². The number of hydrogen-bond acceptors (Lipinski definition) is 6. The molecule has 90 valence electrons. The van der Waals surface area contributed by atoms with Crippen LogP contribution in [0.3, 0.4) is 0 Å². The van der Waals surface area contributed by atoms with Crippen LogP contribution in [0.25, 0.3) is 10.6 Å². The molecule has 2 aromatic rings. The summed E-state index contributed by atoms with van der Waals surface area (Å²) in [7, 11) is 0. The first-order valence-corrected chi connectivity index (χ1v) is 6.07. The number of hydrogen-bond donors (Lipinski definition) is 3. The molecule has 0 bridgehead atoms. The molecular weight excluding hydrogens is 238 g/mol. The second-order valence-electron chi connectivity index (χ2n) is 3.52. The summed E-state index contributed by atoms with van der Waals surface area (Å²) in [6.45, 7) is 3.58. The third-order valence-electron chi connectivity index (χ3n) is 2.14. The minimum absolute atomic E-state index is 0.0171. The van der Waals surface area contributed by atoms with Gasteiger partial charge in [-0.25, -0.2) is 0 Å². The van der Waals surface area contributed by atoms with Gasteiger partial charge in [0.2, 0.25) is 0 Å². The first-order valence-electron chi connectivity index (χ1n) is 5.25. The number of aromatic hydroxyl groups is 2. The van der Waals surface area contributed by atoms with Crippen LogP contribution in [0, 0.1) is 0 Å². The average molecular weight is 251 g/mol. The van der Waals surface area contributed by atoms with Crippen molar-refractivity contribution >= 4 is 11.3 Å². The number of nitrogens with one attached hydrogen (secondary N) is 1. The first kappa shape index (κ1) is 11.8. The van der Waals surface area contributed by atoms with Crippen molar-refractivity contribution in [2.75, 3.05) is 6.54 Å². The second kappa shape index (κ2) is 5.11. The number of phenols is 2. The van der Waals surface area contributed by atoms with E-state index < -0.39 is 0 Å². The number of nitrogens with zero attached hydrogens (tertiary/aromatic N) is 2. The summed E-state index contributed by atoms with van der Waals surface area (Å²) in [5.74, 6) is 0.0341. The fourth-order valence-electron chi connectivity index (χ4n) is 1.39. The third-order valence-corrected chi connectivity index (χ3v) is 3.11. The molecule has 2 rings (SSSR count). The first-order chi connectivity index (χ1) is 8.19. The molecule has 0 aliphatic carbocycles. The van der Waals surface area contributed by atoms with Crippen LogP contribution in [0.2, 0.25) is 0 Å². The lowest BCUT2D eigenvalue weighted by Crippen LogP contribution is -2.11. The molecule has 5 nitrogen and oxygen atoms in total. The minimum atomic E-state index is 0.0171. The smallest absolute Gasteiger partial charge is 0.148 e. The molecule has 0 aliphatic rings. The van der Waals surface area contributed by atoms with Gasteiger partial charge in [0.1, 0.15) is 21.5 Å². The van der Waals surface area contributed by atoms with Gasteiger partial charge in [0, 0.05) is 18.2 Å². The zero-order chi connectivity index (χ0) is 12.3. The molecule has 1 aromatic heterocycles. The lowest BCUT2D eigenvalue weighted by molar-refractivity contribution is 0.451. The van der Waals surface area contributed by atoms with E-state index in [0.717, 1.165) is 11.6 Å². The summed E-state index contributed by atoms with van der Waals surface area (Å²) in [5.41, 5.74) is 0.669. The molecule has 6 heteroatoms. The number of benzene rings is 1. The van der Waals surface area contributed by atoms with Crippen molar-refractivity contribution in [2.45, 2.75) is 13.5 Å². The van der Waals surface area contributed by atoms with E-state index in [0.29, 0.717) is 17.1 Å². The molecule has 0 unspecified atom stereocenters. The molecule has 0 radical (unpaired) electrons. The molecule has 0 amide bonds. The van der Waals surface area contributed by atoms with Crippen molar-refractivity contribution in [3.05, 3.63) is 23.2 Å². The van der Waals surface area contributed by atoms with E-state index in [1.54, 1.807) is 12.1 Å². The van der Waals surface area contributed by atoms with Gasteiger partial charge < -0.3 is 15.5 Å². The molecule has 0 aliphatic heterocycles. The minimum Gasteiger partial charge on any atom is -0.508 e. The number of phenolic OH excluding ortho intramolecular Hbond substituents is 2. The van der Waals surface area contributed by atoms with Crippen LogP contribution in [-0.4, -0.2) is 27.0 Å². The van der Waals surface area contributed by atoms with Gasteiger partial charge in [0.15, 0.2) is 0 Å². The summed E-state index contributed by atoms with van der Waals surface area (Å²) < 4.78 is 0. The van der Waals surface area contributed by atoms with Crippen LogP contribution in [0.1, 0.15) is 11.9 Å². The molecule has 0 atom stereocenters. The van der Waals surface area contributed by atoms with E-state index in [1.807, 2.05) is 6.92 Å². The van der Waals surface area contributed by atoms with E-state index in [4.69, 9.17) is 0 Å². The van der Waals surface area contributed by atoms with Crippen LogP contribution in [-0.2, 0) is 6.54 Å². The fraction of sp³-hybridized carbons (Fsp3) is 0.273. The average Bonchev–Trinajstić information content (AvgIpc) is 2.73. The lowest BCUT2D eigenvalue weighted by atomic mass is 10.2. The van der Waals surface area contributed by atoms with Crippen molar-refractivity contribution in [3.63, 3.8) is 0 Å². The van der Waals surface area contributed by atoms with Gasteiger partial charge in [-0.15, -0.1) is 10.2 Å². The SMILES string of the molecule is CCNCc1nnc(-c2cc(O)cc(O)c2)s1. The van der Waals surface area contributed by atoms with Crippen LogP contribution in [0.15, 0.2) is 18.2 Å². The highest BCUT2D eigenvalue weighted by Gasteiger charge is 2.08. The highest BCUT2D eigenvalue weighted by atomic mass is 32.1. The van der Waals surface area contributed by atoms with Crippen molar-refractivity contribution in [3.8, 4) is 22.1 Å². The van der Waals surface area contributed by atoms with E-state index in [9.17, 15) is 10.2 Å². The Bertz CT molecular complexity index is 493. The zero-order valence-electron chi connectivity index (χ0n) is 9.34. The van der Waals surface area contributed by atoms with Crippen molar-refractivity contribution in [2.24, 2.45) is 0 Å². The predicted molar refractivity (Wildman–Crippen MR) is 66.1 cm³/mol. The van der Waals surface area contributed by atoms with Gasteiger partial charge in [0.25, 0.3) is 0 Å². The van der Waals surface area contributed by atoms with E-state index in [1.165, 1.54) is 17.4 Å². The van der Waals surface area contributed by atoms with E-state index in [2.05, 4.69) is 15.5 Å². The molecule has 1 aromatic carbocycles. The summed E-state index contributed by atoms with van der Waals surface area (Å²) in [6, 6.07) is 4.39. The Balaban J connectivity index is 2.24. The lowest BCUT2D eigenvalue weighted by Gasteiger charge is -1.98. The zero-order valence-corrected chi connectivity index (χ0v) is 10.2. The summed E-state index contributed by atoms with van der Waals surface area (Å²) >= 11 is 1.44. The van der Waals surface area contributed by atoms with Gasteiger partial charge in [-0.2, -0.15) is 0 Å². The fourth-order valence-corrected chi connectivity index (χ4v) is 2.19. The molecule has 0 fully saturated rings. The van der Waals surface area contributed by atoms with Gasteiger partial charge in [0.05, 0.1) is 0 Å². The molecule has 0 saturated heterocycles. The Hall–Kier alpha value is -1.66. The van der Waals surface area contributed by atoms with E-state index in [-0.39, 0.29) is 11.5 Å². The molecule has 0 spiro atoms. The molecular formula is C11H13N3O2S. The second-order valence-corrected chi connectivity index (χ2v) is 4.58. The monoisotopic (exact) mass is 251 g/mol. The largest absolute Gasteiger partial charge is 0.508 e. The molecule has 0 saturated carbocycles. The Morgan fingerprint density at radius 2 is 1.88 bits per heavy atom. The van der Waals surface area contributed by atoms with E-state index >= 15 is 0 Å². The molecule has 1 heterocycles. The highest BCUT2D eigenvalue weighted by molar-refractivity contribution is 7.14. The normalized spacial score (nSPS) is 10.6. The van der Waals surface area contributed by atoms with Crippen LogP contribution < -0.4 is 5.32 Å². The quantitative estimate of drug-likeness (QED) is 0.771. The van der Waals surface area contributed by atoms with Crippen LogP contribution in [0.5, 0.6) is 11.5 Å². The van der Waals surface area contributed by atoms with Crippen LogP contribution >= 0.6 is 11.3 Å². The van der Waals surface area contributed by atoms with Gasteiger partial charge >= 0.3 is 0 Å². The maximum Gasteiger partial charge on any atom is 0.148 e. The summed E-state index contributed by atoms with van der Waals surface area (Å²) in [5, 5.41) is 31.6. The van der Waals surface area contributed by atoms with Gasteiger partial charge in [-0.05, 0) is 18.7 Å². The Morgan fingerprint density at radius 1 is 1.18 bits per heavy atom. The summed E-state index contributed by atoms with van der Waals surface area (Å²) in [6.07, 6.45) is 0. The maximum atomic E-state index is 9.39.